The van der Waals surface area contributed by atoms with Crippen LogP contribution in [0.3, 0.4) is 0 Å². The van der Waals surface area contributed by atoms with Crippen LogP contribution >= 0.6 is 0 Å². The van der Waals surface area contributed by atoms with Gasteiger partial charge in [-0.2, -0.15) is 0 Å². The molecule has 0 aliphatic heterocycles. The first kappa shape index (κ1) is 29.9. The number of unbranched alkanes of at least 4 members (excludes halogenated alkanes) is 3. The van der Waals surface area contributed by atoms with Crippen molar-refractivity contribution in [2.24, 2.45) is 22.9 Å². The fourth-order valence-electron chi connectivity index (χ4n) is 2.97. The number of nitrogens with one attached hydrogen (secondary N) is 2. The van der Waals surface area contributed by atoms with Crippen molar-refractivity contribution in [3.8, 4) is 0 Å². The van der Waals surface area contributed by atoms with E-state index in [-0.39, 0.29) is 19.1 Å². The Morgan fingerprint density at radius 2 is 1.19 bits per heavy atom. The predicted molar refractivity (Wildman–Crippen MR) is 121 cm³/mol. The second-order valence-electron chi connectivity index (χ2n) is 7.68. The maximum Gasteiger partial charge on any atom is 0.505 e. The summed E-state index contributed by atoms with van der Waals surface area (Å²) in [6.45, 7) is 1.32. The Morgan fingerprint density at radius 3 is 1.69 bits per heavy atom. The third-order valence-electron chi connectivity index (χ3n) is 4.81. The first-order valence-electron chi connectivity index (χ1n) is 11.3. The Morgan fingerprint density at radius 1 is 0.719 bits per heavy atom. The summed E-state index contributed by atoms with van der Waals surface area (Å²) in [5.74, 6) is -0.307. The summed E-state index contributed by atoms with van der Waals surface area (Å²) < 4.78 is 9.85. The van der Waals surface area contributed by atoms with E-state index in [4.69, 9.17) is 32.8 Å². The molecule has 11 N–H and O–H groups in total. The van der Waals surface area contributed by atoms with E-state index in [0.717, 1.165) is 32.1 Å². The van der Waals surface area contributed by atoms with Gasteiger partial charge in [0.2, 0.25) is 5.91 Å². The lowest BCUT2D eigenvalue weighted by Crippen LogP contribution is -2.48. The normalized spacial score (nSPS) is 13.6. The summed E-state index contributed by atoms with van der Waals surface area (Å²) in [6.07, 6.45) is 3.96. The highest BCUT2D eigenvalue weighted by molar-refractivity contribution is 5.81. The van der Waals surface area contributed by atoms with Crippen molar-refractivity contribution in [3.63, 3.8) is 0 Å². The molecule has 12 heteroatoms. The summed E-state index contributed by atoms with van der Waals surface area (Å²) in [5.41, 5.74) is 22.4. The van der Waals surface area contributed by atoms with E-state index >= 15 is 0 Å². The molecule has 32 heavy (non-hydrogen) atoms. The molecule has 0 aromatic heterocycles. The van der Waals surface area contributed by atoms with Crippen molar-refractivity contribution in [2.75, 3.05) is 32.8 Å². The third kappa shape index (κ3) is 16.5. The van der Waals surface area contributed by atoms with Crippen LogP contribution in [0, 0.1) is 0 Å². The molecule has 0 heterocycles. The zero-order chi connectivity index (χ0) is 24.2. The maximum absolute atomic E-state index is 12.4. The summed E-state index contributed by atoms with van der Waals surface area (Å²) in [6, 6.07) is -1.61. The van der Waals surface area contributed by atoms with Crippen LogP contribution in [0.5, 0.6) is 0 Å². The Hall–Kier alpha value is -2.15. The lowest BCUT2D eigenvalue weighted by Gasteiger charge is -2.22. The number of nitrogens with two attached hydrogens (primary N) is 4. The quantitative estimate of drug-likeness (QED) is 0.100. The Balaban J connectivity index is 4.69. The fourth-order valence-corrected chi connectivity index (χ4v) is 2.97. The third-order valence-corrected chi connectivity index (χ3v) is 4.81. The van der Waals surface area contributed by atoms with E-state index in [1.165, 1.54) is 0 Å². The van der Waals surface area contributed by atoms with Crippen LogP contribution in [0.2, 0.25) is 0 Å². The van der Waals surface area contributed by atoms with Crippen molar-refractivity contribution >= 4 is 18.2 Å². The molecule has 0 spiro atoms. The van der Waals surface area contributed by atoms with Gasteiger partial charge in [-0.1, -0.05) is 19.3 Å². The molecule has 0 saturated carbocycles. The molecule has 188 valence electrons. The van der Waals surface area contributed by atoms with E-state index in [0.29, 0.717) is 45.3 Å². The van der Waals surface area contributed by atoms with Crippen LogP contribution in [0.4, 0.5) is 9.59 Å². The van der Waals surface area contributed by atoms with Gasteiger partial charge in [0, 0.05) is 0 Å². The molecule has 0 saturated heterocycles. The van der Waals surface area contributed by atoms with Gasteiger partial charge in [-0.05, 0) is 58.2 Å². The minimum atomic E-state index is -1.42. The SMILES string of the molecule is NCCCC[C@H](COC(=O)O)NC(=O)OC[C@@H](CCCCN)NC(=O)[C@@H](N)CCCCN. The molecule has 2 amide bonds. The zero-order valence-electron chi connectivity index (χ0n) is 18.9. The molecule has 0 bridgehead atoms. The molecule has 0 fully saturated rings. The predicted octanol–water partition coefficient (Wildman–Crippen LogP) is -0.0251. The fraction of sp³-hybridized carbons (Fsp3) is 0.850. The second kappa shape index (κ2) is 19.5. The highest BCUT2D eigenvalue weighted by Gasteiger charge is 2.20. The van der Waals surface area contributed by atoms with Crippen molar-refractivity contribution in [1.82, 2.24) is 10.6 Å². The molecule has 0 aliphatic carbocycles. The topological polar surface area (TPSA) is 218 Å². The smallest absolute Gasteiger partial charge is 0.450 e. The average Bonchev–Trinajstić information content (AvgIpc) is 2.75. The van der Waals surface area contributed by atoms with E-state index in [2.05, 4.69) is 15.4 Å². The van der Waals surface area contributed by atoms with Gasteiger partial charge in [-0.25, -0.2) is 9.59 Å². The number of hydrogen-bond donors (Lipinski definition) is 7. The van der Waals surface area contributed by atoms with Gasteiger partial charge in [-0.15, -0.1) is 0 Å². The molecule has 0 aromatic rings. The van der Waals surface area contributed by atoms with Crippen molar-refractivity contribution in [2.45, 2.75) is 75.9 Å². The zero-order valence-corrected chi connectivity index (χ0v) is 18.9. The number of amides is 2. The van der Waals surface area contributed by atoms with Crippen LogP contribution in [-0.2, 0) is 14.3 Å². The Bertz CT molecular complexity index is 525. The molecule has 0 unspecified atom stereocenters. The number of alkyl carbamates (subject to hydrolysis) is 1. The summed E-state index contributed by atoms with van der Waals surface area (Å²) in [7, 11) is 0. The lowest BCUT2D eigenvalue weighted by atomic mass is 10.1. The number of carbonyl (C=O) groups excluding carboxylic acids is 2. The average molecular weight is 463 g/mol. The van der Waals surface area contributed by atoms with Crippen molar-refractivity contribution < 1.29 is 29.0 Å². The van der Waals surface area contributed by atoms with Gasteiger partial charge in [0.1, 0.15) is 13.2 Å². The highest BCUT2D eigenvalue weighted by Crippen LogP contribution is 2.06. The lowest BCUT2D eigenvalue weighted by molar-refractivity contribution is -0.123. The van der Waals surface area contributed by atoms with Gasteiger partial charge in [0.25, 0.3) is 0 Å². The highest BCUT2D eigenvalue weighted by atomic mass is 16.7. The maximum atomic E-state index is 12.4. The van der Waals surface area contributed by atoms with Crippen LogP contribution in [0.1, 0.15) is 57.8 Å². The molecule has 0 aliphatic rings. The molecule has 12 nitrogen and oxygen atoms in total. The summed E-state index contributed by atoms with van der Waals surface area (Å²) in [5, 5.41) is 14.1. The minimum Gasteiger partial charge on any atom is -0.450 e. The number of hydrogen-bond acceptors (Lipinski definition) is 9. The summed E-state index contributed by atoms with van der Waals surface area (Å²) >= 11 is 0. The minimum absolute atomic E-state index is 0.0486. The van der Waals surface area contributed by atoms with E-state index in [1.807, 2.05) is 0 Å². The molecule has 3 atom stereocenters. The van der Waals surface area contributed by atoms with Crippen LogP contribution in [-0.4, -0.2) is 74.2 Å². The van der Waals surface area contributed by atoms with Gasteiger partial charge < -0.3 is 48.1 Å². The van der Waals surface area contributed by atoms with Crippen molar-refractivity contribution in [1.29, 1.82) is 0 Å². The van der Waals surface area contributed by atoms with Gasteiger partial charge in [-0.3, -0.25) is 4.79 Å². The van der Waals surface area contributed by atoms with Crippen LogP contribution < -0.4 is 33.6 Å². The number of carboxylic acid groups (broad SMARTS) is 1. The Labute approximate surface area is 190 Å². The molecular weight excluding hydrogens is 420 g/mol. The summed E-state index contributed by atoms with van der Waals surface area (Å²) in [4.78, 5) is 35.2. The number of carbonyl (C=O) groups is 3. The second-order valence-corrected chi connectivity index (χ2v) is 7.68. The Kier molecular flexibility index (Phi) is 18.2. The van der Waals surface area contributed by atoms with Crippen LogP contribution in [0.25, 0.3) is 0 Å². The molecule has 0 radical (unpaired) electrons. The molecular formula is C20H42N6O6. The largest absolute Gasteiger partial charge is 0.505 e. The monoisotopic (exact) mass is 462 g/mol. The van der Waals surface area contributed by atoms with Crippen molar-refractivity contribution in [3.05, 3.63) is 0 Å². The first-order chi connectivity index (χ1) is 15.3. The van der Waals surface area contributed by atoms with E-state index < -0.39 is 30.4 Å². The van der Waals surface area contributed by atoms with Gasteiger partial charge in [0.15, 0.2) is 0 Å². The number of ether oxygens (including phenoxy) is 2. The molecule has 0 aromatic carbocycles. The number of rotatable bonds is 19. The standard InChI is InChI=1S/C20H42N6O6/c21-10-4-1-7-15(25-18(27)17(24)9-3-6-12-23)13-31-19(28)26-16(8-2-5-11-22)14-32-20(29)30/h15-17H,1-14,21-24H2,(H,25,27)(H,26,28)(H,29,30)/t15-,16-,17+/m1/s1. The van der Waals surface area contributed by atoms with E-state index in [1.54, 1.807) is 0 Å². The van der Waals surface area contributed by atoms with Gasteiger partial charge in [0.05, 0.1) is 18.1 Å². The van der Waals surface area contributed by atoms with E-state index in [9.17, 15) is 14.4 Å². The molecule has 0 rings (SSSR count). The van der Waals surface area contributed by atoms with Gasteiger partial charge >= 0.3 is 12.2 Å². The first-order valence-corrected chi connectivity index (χ1v) is 11.3. The van der Waals surface area contributed by atoms with Crippen LogP contribution in [0.15, 0.2) is 0 Å².